The SMILES string of the molecule is CNC(c1cccnc1)C1CCC(F)(F)CC1. The first kappa shape index (κ1) is 12.4. The zero-order valence-electron chi connectivity index (χ0n) is 10.00. The predicted molar refractivity (Wildman–Crippen MR) is 62.9 cm³/mol. The van der Waals surface area contributed by atoms with Crippen LogP contribution in [0, 0.1) is 5.92 Å². The molecule has 17 heavy (non-hydrogen) atoms. The molecule has 1 atom stereocenters. The van der Waals surface area contributed by atoms with Crippen molar-refractivity contribution in [1.29, 1.82) is 0 Å². The van der Waals surface area contributed by atoms with Crippen LogP contribution in [-0.4, -0.2) is 18.0 Å². The van der Waals surface area contributed by atoms with E-state index in [1.165, 1.54) is 0 Å². The highest BCUT2D eigenvalue weighted by atomic mass is 19.3. The number of halogens is 2. The molecular weight excluding hydrogens is 222 g/mol. The Hall–Kier alpha value is -1.03. The first-order chi connectivity index (χ1) is 8.12. The maximum atomic E-state index is 13.1. The highest BCUT2D eigenvalue weighted by molar-refractivity contribution is 5.15. The van der Waals surface area contributed by atoms with Crippen molar-refractivity contribution < 1.29 is 8.78 Å². The zero-order valence-corrected chi connectivity index (χ0v) is 10.00. The molecule has 1 N–H and O–H groups in total. The molecule has 1 saturated carbocycles. The highest BCUT2D eigenvalue weighted by Crippen LogP contribution is 2.41. The van der Waals surface area contributed by atoms with Gasteiger partial charge in [-0.15, -0.1) is 0 Å². The second kappa shape index (κ2) is 5.08. The molecule has 4 heteroatoms. The monoisotopic (exact) mass is 240 g/mol. The summed E-state index contributed by atoms with van der Waals surface area (Å²) in [4.78, 5) is 4.09. The minimum atomic E-state index is -2.45. The van der Waals surface area contributed by atoms with Gasteiger partial charge in [0.2, 0.25) is 5.92 Å². The molecule has 0 aromatic carbocycles. The van der Waals surface area contributed by atoms with E-state index in [0.29, 0.717) is 12.8 Å². The van der Waals surface area contributed by atoms with E-state index in [-0.39, 0.29) is 24.8 Å². The van der Waals surface area contributed by atoms with Crippen LogP contribution in [0.25, 0.3) is 0 Å². The Morgan fingerprint density at radius 2 is 2.12 bits per heavy atom. The predicted octanol–water partition coefficient (Wildman–Crippen LogP) is 3.17. The van der Waals surface area contributed by atoms with Crippen LogP contribution in [0.4, 0.5) is 8.78 Å². The third-order valence-corrected chi connectivity index (χ3v) is 3.59. The van der Waals surface area contributed by atoms with Gasteiger partial charge in [0.05, 0.1) is 0 Å². The van der Waals surface area contributed by atoms with Crippen LogP contribution in [-0.2, 0) is 0 Å². The first-order valence-corrected chi connectivity index (χ1v) is 6.07. The van der Waals surface area contributed by atoms with E-state index in [0.717, 1.165) is 5.56 Å². The number of pyridine rings is 1. The summed E-state index contributed by atoms with van der Waals surface area (Å²) in [5, 5.41) is 3.23. The van der Waals surface area contributed by atoms with Crippen LogP contribution in [0.15, 0.2) is 24.5 Å². The van der Waals surface area contributed by atoms with Crippen LogP contribution in [0.3, 0.4) is 0 Å². The number of nitrogens with one attached hydrogen (secondary N) is 1. The van der Waals surface area contributed by atoms with Crippen LogP contribution >= 0.6 is 0 Å². The fraction of sp³-hybridized carbons (Fsp3) is 0.615. The molecule has 0 bridgehead atoms. The standard InChI is InChI=1S/C13H18F2N2/c1-16-12(11-3-2-8-17-9-11)10-4-6-13(14,15)7-5-10/h2-3,8-10,12,16H,4-7H2,1H3. The van der Waals surface area contributed by atoms with E-state index in [9.17, 15) is 8.78 Å². The quantitative estimate of drug-likeness (QED) is 0.877. The van der Waals surface area contributed by atoms with Crippen molar-refractivity contribution in [3.63, 3.8) is 0 Å². The van der Waals surface area contributed by atoms with Gasteiger partial charge in [0.15, 0.2) is 0 Å². The molecule has 1 aromatic heterocycles. The Balaban J connectivity index is 2.05. The second-order valence-electron chi connectivity index (χ2n) is 4.75. The molecule has 2 nitrogen and oxygen atoms in total. The van der Waals surface area contributed by atoms with Gasteiger partial charge in [0.1, 0.15) is 0 Å². The Morgan fingerprint density at radius 3 is 2.65 bits per heavy atom. The third kappa shape index (κ3) is 3.00. The Bertz CT molecular complexity index is 344. The summed E-state index contributed by atoms with van der Waals surface area (Å²) in [5.74, 6) is -2.17. The Labute approximate surface area is 100 Å². The molecular formula is C13H18F2N2. The summed E-state index contributed by atoms with van der Waals surface area (Å²) in [6.07, 6.45) is 4.71. The van der Waals surface area contributed by atoms with Gasteiger partial charge in [-0.05, 0) is 37.4 Å². The first-order valence-electron chi connectivity index (χ1n) is 6.07. The average Bonchev–Trinajstić information content (AvgIpc) is 2.33. The number of hydrogen-bond acceptors (Lipinski definition) is 2. The Morgan fingerprint density at radius 1 is 1.41 bits per heavy atom. The fourth-order valence-electron chi connectivity index (χ4n) is 2.63. The van der Waals surface area contributed by atoms with E-state index in [1.807, 2.05) is 25.4 Å². The van der Waals surface area contributed by atoms with Crippen molar-refractivity contribution >= 4 is 0 Å². The molecule has 1 unspecified atom stereocenters. The van der Waals surface area contributed by atoms with Gasteiger partial charge in [-0.3, -0.25) is 4.98 Å². The van der Waals surface area contributed by atoms with Crippen molar-refractivity contribution in [3.05, 3.63) is 30.1 Å². The molecule has 0 saturated heterocycles. The molecule has 0 aliphatic heterocycles. The van der Waals surface area contributed by atoms with E-state index in [2.05, 4.69) is 10.3 Å². The summed E-state index contributed by atoms with van der Waals surface area (Å²) in [6.45, 7) is 0. The van der Waals surface area contributed by atoms with E-state index >= 15 is 0 Å². The largest absolute Gasteiger partial charge is 0.313 e. The van der Waals surface area contributed by atoms with Crippen molar-refractivity contribution in [2.75, 3.05) is 7.05 Å². The van der Waals surface area contributed by atoms with E-state index < -0.39 is 5.92 Å². The molecule has 2 rings (SSSR count). The van der Waals surface area contributed by atoms with Gasteiger partial charge in [-0.2, -0.15) is 0 Å². The van der Waals surface area contributed by atoms with Gasteiger partial charge in [-0.1, -0.05) is 6.07 Å². The molecule has 94 valence electrons. The number of rotatable bonds is 3. The van der Waals surface area contributed by atoms with Crippen LogP contribution in [0.5, 0.6) is 0 Å². The minimum absolute atomic E-state index is 0.0100. The average molecular weight is 240 g/mol. The molecule has 0 radical (unpaired) electrons. The zero-order chi connectivity index (χ0) is 12.3. The fourth-order valence-corrected chi connectivity index (χ4v) is 2.63. The summed E-state index contributed by atoms with van der Waals surface area (Å²) < 4.78 is 26.2. The van der Waals surface area contributed by atoms with Crippen LogP contribution in [0.2, 0.25) is 0 Å². The van der Waals surface area contributed by atoms with Crippen molar-refractivity contribution in [1.82, 2.24) is 10.3 Å². The summed E-state index contributed by atoms with van der Waals surface area (Å²) >= 11 is 0. The topological polar surface area (TPSA) is 24.9 Å². The highest BCUT2D eigenvalue weighted by Gasteiger charge is 2.37. The second-order valence-corrected chi connectivity index (χ2v) is 4.75. The van der Waals surface area contributed by atoms with Gasteiger partial charge < -0.3 is 5.32 Å². The summed E-state index contributed by atoms with van der Waals surface area (Å²) in [5.41, 5.74) is 1.09. The molecule has 1 fully saturated rings. The molecule has 0 spiro atoms. The van der Waals surface area contributed by atoms with Gasteiger partial charge in [0.25, 0.3) is 0 Å². The lowest BCUT2D eigenvalue weighted by molar-refractivity contribution is -0.0495. The van der Waals surface area contributed by atoms with Crippen molar-refractivity contribution in [3.8, 4) is 0 Å². The van der Waals surface area contributed by atoms with Crippen molar-refractivity contribution in [2.24, 2.45) is 5.92 Å². The Kier molecular flexibility index (Phi) is 3.72. The lowest BCUT2D eigenvalue weighted by atomic mass is 9.80. The molecule has 1 aliphatic carbocycles. The van der Waals surface area contributed by atoms with Gasteiger partial charge in [0, 0.05) is 31.3 Å². The number of aromatic nitrogens is 1. The summed E-state index contributed by atoms with van der Waals surface area (Å²) in [7, 11) is 1.88. The number of alkyl halides is 2. The smallest absolute Gasteiger partial charge is 0.248 e. The maximum Gasteiger partial charge on any atom is 0.248 e. The van der Waals surface area contributed by atoms with E-state index in [4.69, 9.17) is 0 Å². The molecule has 0 amide bonds. The van der Waals surface area contributed by atoms with Gasteiger partial charge in [-0.25, -0.2) is 8.78 Å². The van der Waals surface area contributed by atoms with Gasteiger partial charge >= 0.3 is 0 Å². The lowest BCUT2D eigenvalue weighted by Gasteiger charge is -2.33. The number of nitrogens with zero attached hydrogens (tertiary/aromatic N) is 1. The molecule has 1 aromatic rings. The minimum Gasteiger partial charge on any atom is -0.313 e. The number of hydrogen-bond donors (Lipinski definition) is 1. The van der Waals surface area contributed by atoms with E-state index in [1.54, 1.807) is 6.20 Å². The maximum absolute atomic E-state index is 13.1. The lowest BCUT2D eigenvalue weighted by Crippen LogP contribution is -2.32. The van der Waals surface area contributed by atoms with Crippen molar-refractivity contribution in [2.45, 2.75) is 37.6 Å². The van der Waals surface area contributed by atoms with Crippen LogP contribution in [0.1, 0.15) is 37.3 Å². The van der Waals surface area contributed by atoms with Crippen LogP contribution < -0.4 is 5.32 Å². The third-order valence-electron chi connectivity index (χ3n) is 3.59. The molecule has 1 aliphatic rings. The normalized spacial score (nSPS) is 22.3. The molecule has 1 heterocycles. The summed E-state index contributed by atoms with van der Waals surface area (Å²) in [6, 6.07) is 4.03.